The lowest BCUT2D eigenvalue weighted by atomic mass is 10.1. The van der Waals surface area contributed by atoms with Crippen molar-refractivity contribution in [2.75, 3.05) is 0 Å². The van der Waals surface area contributed by atoms with E-state index < -0.39 is 5.82 Å². The maximum atomic E-state index is 13.1. The molecule has 1 N–H and O–H groups in total. The molecule has 1 unspecified atom stereocenters. The zero-order valence-electron chi connectivity index (χ0n) is 11.5. The van der Waals surface area contributed by atoms with Crippen LogP contribution in [0.5, 0.6) is 0 Å². The summed E-state index contributed by atoms with van der Waals surface area (Å²) in [6.07, 6.45) is 0. The van der Waals surface area contributed by atoms with Gasteiger partial charge in [0.2, 0.25) is 0 Å². The minimum atomic E-state index is -0.428. The van der Waals surface area contributed by atoms with E-state index in [0.29, 0.717) is 5.56 Å². The van der Waals surface area contributed by atoms with Gasteiger partial charge in [-0.3, -0.25) is 4.79 Å². The molecule has 0 saturated heterocycles. The summed E-state index contributed by atoms with van der Waals surface area (Å²) >= 11 is 5.70. The van der Waals surface area contributed by atoms with Crippen molar-refractivity contribution in [3.8, 4) is 0 Å². The summed E-state index contributed by atoms with van der Waals surface area (Å²) < 4.78 is 13.1. The van der Waals surface area contributed by atoms with Crippen molar-refractivity contribution in [1.82, 2.24) is 5.32 Å². The lowest BCUT2D eigenvalue weighted by molar-refractivity contribution is 0.0939. The van der Waals surface area contributed by atoms with Gasteiger partial charge in [-0.1, -0.05) is 0 Å². The highest BCUT2D eigenvalue weighted by molar-refractivity contribution is 7.80. The number of thiophene rings is 1. The third-order valence-electron chi connectivity index (χ3n) is 3.10. The van der Waals surface area contributed by atoms with Gasteiger partial charge in [0, 0.05) is 20.2 Å². The number of rotatable bonds is 3. The van der Waals surface area contributed by atoms with E-state index in [1.165, 1.54) is 28.0 Å². The molecule has 20 heavy (non-hydrogen) atoms. The summed E-state index contributed by atoms with van der Waals surface area (Å²) in [7, 11) is 0. The molecule has 1 heterocycles. The van der Waals surface area contributed by atoms with E-state index in [4.69, 9.17) is 0 Å². The van der Waals surface area contributed by atoms with Gasteiger partial charge in [0.05, 0.1) is 6.04 Å². The molecule has 1 aromatic carbocycles. The molecule has 0 aliphatic heterocycles. The highest BCUT2D eigenvalue weighted by atomic mass is 32.1. The molecular formula is C15H16FNOS2. The second kappa shape index (κ2) is 5.97. The molecule has 1 aromatic heterocycles. The van der Waals surface area contributed by atoms with Crippen molar-refractivity contribution in [3.05, 3.63) is 51.0 Å². The van der Waals surface area contributed by atoms with Gasteiger partial charge in [-0.05, 0) is 50.6 Å². The predicted octanol–water partition coefficient (Wildman–Crippen LogP) is 4.28. The first kappa shape index (κ1) is 15.1. The van der Waals surface area contributed by atoms with E-state index in [1.54, 1.807) is 11.3 Å². The molecule has 2 aromatic rings. The van der Waals surface area contributed by atoms with E-state index >= 15 is 0 Å². The molecule has 0 aliphatic carbocycles. The Labute approximate surface area is 127 Å². The second-order valence-corrected chi connectivity index (χ2v) is 6.67. The summed E-state index contributed by atoms with van der Waals surface area (Å²) in [5, 5.41) is 2.92. The number of thiol groups is 1. The molecular weight excluding hydrogens is 293 g/mol. The summed E-state index contributed by atoms with van der Waals surface area (Å²) in [4.78, 5) is 14.7. The first-order chi connectivity index (χ1) is 9.38. The number of halogens is 1. The van der Waals surface area contributed by atoms with Gasteiger partial charge in [0.1, 0.15) is 5.82 Å². The van der Waals surface area contributed by atoms with Gasteiger partial charge < -0.3 is 5.32 Å². The number of hydrogen-bond donors (Lipinski definition) is 2. The Morgan fingerprint density at radius 3 is 2.60 bits per heavy atom. The lowest BCUT2D eigenvalue weighted by Gasteiger charge is -2.14. The van der Waals surface area contributed by atoms with E-state index in [0.717, 1.165) is 5.56 Å². The highest BCUT2D eigenvalue weighted by Gasteiger charge is 2.15. The van der Waals surface area contributed by atoms with Crippen LogP contribution < -0.4 is 5.32 Å². The Morgan fingerprint density at radius 2 is 2.05 bits per heavy atom. The van der Waals surface area contributed by atoms with Crippen molar-refractivity contribution in [1.29, 1.82) is 0 Å². The molecule has 0 saturated carbocycles. The molecule has 0 fully saturated rings. The van der Waals surface area contributed by atoms with Crippen LogP contribution in [0.2, 0.25) is 0 Å². The average molecular weight is 309 g/mol. The molecule has 0 radical (unpaired) electrons. The Bertz CT molecular complexity index is 651. The van der Waals surface area contributed by atoms with Crippen molar-refractivity contribution < 1.29 is 9.18 Å². The van der Waals surface area contributed by atoms with Crippen molar-refractivity contribution in [3.63, 3.8) is 0 Å². The Hall–Kier alpha value is -1.33. The summed E-state index contributed by atoms with van der Waals surface area (Å²) in [5.41, 5.74) is 1.53. The van der Waals surface area contributed by atoms with Crippen LogP contribution in [0.3, 0.4) is 0 Å². The number of carbonyl (C=O) groups excluding carboxylic acids is 1. The van der Waals surface area contributed by atoms with Gasteiger partial charge in [0.15, 0.2) is 0 Å². The molecule has 0 bridgehead atoms. The Kier molecular flexibility index (Phi) is 4.50. The van der Waals surface area contributed by atoms with Crippen molar-refractivity contribution in [2.45, 2.75) is 31.7 Å². The summed E-state index contributed by atoms with van der Waals surface area (Å²) in [6, 6.07) is 6.15. The van der Waals surface area contributed by atoms with Crippen LogP contribution in [0.25, 0.3) is 0 Å². The smallest absolute Gasteiger partial charge is 0.251 e. The number of amides is 1. The zero-order valence-corrected chi connectivity index (χ0v) is 13.2. The van der Waals surface area contributed by atoms with Crippen LogP contribution in [0, 0.1) is 19.7 Å². The maximum absolute atomic E-state index is 13.1. The number of nitrogens with one attached hydrogen (secondary N) is 1. The quantitative estimate of drug-likeness (QED) is 0.814. The van der Waals surface area contributed by atoms with Crippen LogP contribution in [0.15, 0.2) is 29.2 Å². The van der Waals surface area contributed by atoms with Crippen LogP contribution in [-0.2, 0) is 0 Å². The number of aryl methyl sites for hydroxylation is 2. The molecule has 106 valence electrons. The monoisotopic (exact) mass is 309 g/mol. The van der Waals surface area contributed by atoms with Gasteiger partial charge >= 0.3 is 0 Å². The van der Waals surface area contributed by atoms with Crippen LogP contribution in [-0.4, -0.2) is 5.91 Å². The first-order valence-electron chi connectivity index (χ1n) is 6.25. The molecule has 0 aliphatic rings. The molecule has 5 heteroatoms. The Morgan fingerprint density at radius 1 is 1.35 bits per heavy atom. The second-order valence-electron chi connectivity index (χ2n) is 4.73. The minimum absolute atomic E-state index is 0.0825. The fourth-order valence-electron chi connectivity index (χ4n) is 2.09. The topological polar surface area (TPSA) is 29.1 Å². The SMILES string of the molecule is Cc1cc(C(C)NC(=O)c2ccc(F)c(S)c2)c(C)s1. The number of hydrogen-bond acceptors (Lipinski definition) is 3. The fourth-order valence-corrected chi connectivity index (χ4v) is 3.33. The van der Waals surface area contributed by atoms with Gasteiger partial charge in [-0.2, -0.15) is 0 Å². The first-order valence-corrected chi connectivity index (χ1v) is 7.51. The maximum Gasteiger partial charge on any atom is 0.251 e. The zero-order chi connectivity index (χ0) is 14.9. The van der Waals surface area contributed by atoms with Crippen LogP contribution in [0.1, 0.15) is 38.6 Å². The van der Waals surface area contributed by atoms with Crippen molar-refractivity contribution in [2.24, 2.45) is 0 Å². The Balaban J connectivity index is 2.15. The van der Waals surface area contributed by atoms with E-state index in [2.05, 4.69) is 24.0 Å². The molecule has 1 amide bonds. The van der Waals surface area contributed by atoms with Crippen LogP contribution in [0.4, 0.5) is 4.39 Å². The number of benzene rings is 1. The molecule has 0 spiro atoms. The lowest BCUT2D eigenvalue weighted by Crippen LogP contribution is -2.26. The third kappa shape index (κ3) is 3.22. The average Bonchev–Trinajstić information content (AvgIpc) is 2.71. The predicted molar refractivity (Wildman–Crippen MR) is 83.3 cm³/mol. The van der Waals surface area contributed by atoms with E-state index in [1.807, 2.05) is 20.8 Å². The summed E-state index contributed by atoms with van der Waals surface area (Å²) in [6.45, 7) is 6.03. The number of carbonyl (C=O) groups is 1. The van der Waals surface area contributed by atoms with E-state index in [-0.39, 0.29) is 16.8 Å². The largest absolute Gasteiger partial charge is 0.345 e. The standard InChI is InChI=1S/C15H16FNOS2/c1-8-6-12(10(3)20-8)9(2)17-15(18)11-4-5-13(16)14(19)7-11/h4-7,9,19H,1-3H3,(H,17,18). The summed E-state index contributed by atoms with van der Waals surface area (Å²) in [5.74, 6) is -0.654. The normalized spacial score (nSPS) is 12.2. The van der Waals surface area contributed by atoms with Gasteiger partial charge in [-0.25, -0.2) is 4.39 Å². The van der Waals surface area contributed by atoms with E-state index in [9.17, 15) is 9.18 Å². The molecule has 2 rings (SSSR count). The van der Waals surface area contributed by atoms with Gasteiger partial charge in [-0.15, -0.1) is 24.0 Å². The molecule has 2 nitrogen and oxygen atoms in total. The fraction of sp³-hybridized carbons (Fsp3) is 0.267. The minimum Gasteiger partial charge on any atom is -0.345 e. The van der Waals surface area contributed by atoms with Crippen LogP contribution >= 0.6 is 24.0 Å². The van der Waals surface area contributed by atoms with Crippen molar-refractivity contribution >= 4 is 29.9 Å². The highest BCUT2D eigenvalue weighted by Crippen LogP contribution is 2.26. The molecule has 1 atom stereocenters. The van der Waals surface area contributed by atoms with Gasteiger partial charge in [0.25, 0.3) is 5.91 Å². The third-order valence-corrected chi connectivity index (χ3v) is 4.43.